The number of nitrogens with zero attached hydrogens (tertiary/aromatic N) is 2. The highest BCUT2D eigenvalue weighted by Gasteiger charge is 2.46. The number of benzene rings is 6. The first-order chi connectivity index (χ1) is 37.7. The predicted molar refractivity (Wildman–Crippen MR) is 309 cm³/mol. The number of unbranched alkanes of at least 4 members (excludes halogenated alkanes) is 2. The lowest BCUT2D eigenvalue weighted by Gasteiger charge is -2.32. The van der Waals surface area contributed by atoms with E-state index in [0.717, 1.165) is 38.0 Å². The van der Waals surface area contributed by atoms with Crippen molar-refractivity contribution in [3.63, 3.8) is 0 Å². The Labute approximate surface area is 464 Å². The number of amides is 2. The summed E-state index contributed by atoms with van der Waals surface area (Å²) in [5, 5.41) is 38.6. The number of guanidine groups is 2. The van der Waals surface area contributed by atoms with Crippen molar-refractivity contribution in [2.45, 2.75) is 50.9 Å². The number of hydrogen-bond donors (Lipinski definition) is 8. The molecule has 6 rings (SSSR count). The third-order valence-corrected chi connectivity index (χ3v) is 22.4. The molecule has 0 aliphatic rings. The Morgan fingerprint density at radius 3 is 0.738 bits per heavy atom. The van der Waals surface area contributed by atoms with Crippen molar-refractivity contribution in [2.75, 3.05) is 52.6 Å². The monoisotopic (exact) mass is 1150 g/mol. The van der Waals surface area contributed by atoms with Gasteiger partial charge in [-0.3, -0.25) is 18.6 Å². The van der Waals surface area contributed by atoms with Gasteiger partial charge in [-0.05, 0) is 85.6 Å². The third-order valence-electron chi connectivity index (χ3n) is 13.3. The summed E-state index contributed by atoms with van der Waals surface area (Å²) in [6.45, 7) is 2.34. The maximum absolute atomic E-state index is 11.3. The van der Waals surface area contributed by atoms with Crippen LogP contribution in [0.25, 0.3) is 0 Å². The van der Waals surface area contributed by atoms with Gasteiger partial charge in [-0.15, -0.1) is 0 Å². The zero-order valence-electron chi connectivity index (χ0n) is 44.7. The van der Waals surface area contributed by atoms with Crippen LogP contribution in [0.15, 0.2) is 182 Å². The molecule has 0 radical (unpaired) electrons. The molecule has 14 nitrogen and oxygen atoms in total. The molecule has 12 N–H and O–H groups in total. The Morgan fingerprint density at radius 1 is 0.400 bits per heavy atom. The van der Waals surface area contributed by atoms with E-state index >= 15 is 0 Å². The molecule has 0 spiro atoms. The molecule has 0 fully saturated rings. The van der Waals surface area contributed by atoms with E-state index in [1.54, 1.807) is 0 Å². The minimum atomic E-state index is -5.08. The van der Waals surface area contributed by atoms with Gasteiger partial charge in [0.1, 0.15) is 46.4 Å². The molecule has 428 valence electrons. The second-order valence-corrected chi connectivity index (χ2v) is 26.2. The number of aliphatic carboxylic acids is 2. The summed E-state index contributed by atoms with van der Waals surface area (Å²) in [7, 11) is 0.120. The molecule has 0 bridgehead atoms. The van der Waals surface area contributed by atoms with E-state index in [-0.39, 0.29) is 45.5 Å². The third kappa shape index (κ3) is 20.0. The van der Waals surface area contributed by atoms with Crippen LogP contribution in [0.3, 0.4) is 0 Å². The van der Waals surface area contributed by atoms with Gasteiger partial charge in [0.2, 0.25) is 11.8 Å². The van der Waals surface area contributed by atoms with Crippen LogP contribution in [-0.4, -0.2) is 120 Å². The van der Waals surface area contributed by atoms with Crippen molar-refractivity contribution in [3.05, 3.63) is 182 Å². The number of rotatable bonds is 22. The van der Waals surface area contributed by atoms with Gasteiger partial charge in [0.25, 0.3) is 11.9 Å². The van der Waals surface area contributed by atoms with Crippen molar-refractivity contribution < 1.29 is 64.7 Å². The first-order valence-electron chi connectivity index (χ1n) is 25.3. The molecule has 80 heavy (non-hydrogen) atoms. The molecule has 0 aliphatic carbocycles. The fourth-order valence-electron chi connectivity index (χ4n) is 8.80. The maximum atomic E-state index is 11.3. The normalized spacial score (nSPS) is 12.9. The Kier molecular flexibility index (Phi) is 26.2. The van der Waals surface area contributed by atoms with Gasteiger partial charge in [-0.25, -0.2) is 20.4 Å². The lowest BCUT2D eigenvalue weighted by atomic mass is 10.2. The highest BCUT2D eigenvalue weighted by atomic mass is 31.2. The van der Waals surface area contributed by atoms with E-state index in [1.165, 1.54) is 31.8 Å². The number of carboxylic acid groups (broad SMARTS) is 2. The number of halogens is 6. The lowest BCUT2D eigenvalue weighted by Crippen LogP contribution is -2.54. The van der Waals surface area contributed by atoms with Crippen LogP contribution in [0, 0.1) is 10.8 Å². The number of hydrogen-bond acceptors (Lipinski definition) is 6. The number of quaternary nitrogens is 2. The highest BCUT2D eigenvalue weighted by molar-refractivity contribution is 7.96. The molecule has 0 aromatic heterocycles. The molecular formula is C58H72F6N8O6P2+4. The number of primary amides is 2. The quantitative estimate of drug-likeness (QED) is 0.00858. The van der Waals surface area contributed by atoms with Crippen LogP contribution in [0.2, 0.25) is 0 Å². The van der Waals surface area contributed by atoms with E-state index in [1.807, 2.05) is 14.1 Å². The van der Waals surface area contributed by atoms with Crippen molar-refractivity contribution >= 4 is 82.0 Å². The number of carboxylic acids is 2. The molecule has 2 unspecified atom stereocenters. The van der Waals surface area contributed by atoms with E-state index < -0.39 is 38.8 Å². The van der Waals surface area contributed by atoms with Crippen LogP contribution in [0.4, 0.5) is 26.3 Å². The fraction of sp³-hybridized carbons (Fsp3) is 0.276. The molecule has 0 saturated heterocycles. The van der Waals surface area contributed by atoms with E-state index in [0.29, 0.717) is 26.2 Å². The molecule has 2 atom stereocenters. The van der Waals surface area contributed by atoms with Crippen LogP contribution in [0.1, 0.15) is 38.5 Å². The number of carbonyl (C=O) groups is 4. The van der Waals surface area contributed by atoms with Gasteiger partial charge in [-0.1, -0.05) is 109 Å². The van der Waals surface area contributed by atoms with Crippen LogP contribution < -0.4 is 54.8 Å². The minimum absolute atomic E-state index is 0.0755. The Bertz CT molecular complexity index is 2490. The van der Waals surface area contributed by atoms with Crippen LogP contribution in [0.5, 0.6) is 0 Å². The second kappa shape index (κ2) is 31.3. The summed E-state index contributed by atoms with van der Waals surface area (Å²) in [6, 6.07) is 65.1. The first kappa shape index (κ1) is 66.8. The van der Waals surface area contributed by atoms with Gasteiger partial charge < -0.3 is 33.1 Å². The summed E-state index contributed by atoms with van der Waals surface area (Å²) in [4.78, 5) is 40.4. The summed E-state index contributed by atoms with van der Waals surface area (Å²) in [5.74, 6) is -6.08. The summed E-state index contributed by atoms with van der Waals surface area (Å²) >= 11 is 0. The predicted octanol–water partition coefficient (Wildman–Crippen LogP) is 7.22. The van der Waals surface area contributed by atoms with E-state index in [9.17, 15) is 35.9 Å². The number of nitrogens with two attached hydrogens (primary N) is 4. The average Bonchev–Trinajstić information content (AvgIpc) is 3.44. The molecular weight excluding hydrogens is 1080 g/mol. The fourth-order valence-corrected chi connectivity index (χ4v) is 17.6. The molecule has 6 aromatic carbocycles. The van der Waals surface area contributed by atoms with Gasteiger partial charge in [0.15, 0.2) is 0 Å². The summed E-state index contributed by atoms with van der Waals surface area (Å²) < 4.78 is 64.0. The summed E-state index contributed by atoms with van der Waals surface area (Å²) in [6.07, 6.45) is -3.87. The number of carbonyl (C=O) groups excluding carboxylic acids is 2. The minimum Gasteiger partial charge on any atom is -0.475 e. The van der Waals surface area contributed by atoms with Gasteiger partial charge >= 0.3 is 24.3 Å². The van der Waals surface area contributed by atoms with Crippen molar-refractivity contribution in [2.24, 2.45) is 22.9 Å². The number of nitrogens with one attached hydrogen (secondary N) is 2. The summed E-state index contributed by atoms with van der Waals surface area (Å²) in [5.41, 5.74) is 22.5. The van der Waals surface area contributed by atoms with Crippen LogP contribution >= 0.6 is 14.5 Å². The average molecular weight is 1150 g/mol. The highest BCUT2D eigenvalue weighted by Crippen LogP contribution is 2.57. The number of alkyl halides is 6. The molecule has 0 heterocycles. The maximum Gasteiger partial charge on any atom is 0.490 e. The first-order valence-corrected chi connectivity index (χ1v) is 29.3. The van der Waals surface area contributed by atoms with Crippen molar-refractivity contribution in [3.8, 4) is 0 Å². The Morgan fingerprint density at radius 2 is 0.588 bits per heavy atom. The van der Waals surface area contributed by atoms with Crippen LogP contribution in [-0.2, 0) is 19.2 Å². The Hall–Kier alpha value is -7.50. The van der Waals surface area contributed by atoms with Gasteiger partial charge in [0.05, 0.1) is 65.4 Å². The molecule has 6 aromatic rings. The van der Waals surface area contributed by atoms with E-state index in [4.69, 9.17) is 53.6 Å². The smallest absolute Gasteiger partial charge is 0.475 e. The molecule has 2 amide bonds. The standard InChI is InChI=1S/2C27H34N4OP.2C2HF3O2/c2*1-31(27(29)30,21-19-26(28)32)20-11-12-22-33(23-13-5-2-6-14-23,24-15-7-3-8-16-24)25-17-9-4-10-18-25;2*3-2(4,5)1(6)7/h2*2-10,13-18H,11-12,19-22H2,1H3,(H4-,28,29,30,32);2*(H,6,7)/q2*+1;;/p+2. The Balaban J connectivity index is 0.000000339. The lowest BCUT2D eigenvalue weighted by molar-refractivity contribution is -0.822. The van der Waals surface area contributed by atoms with Crippen molar-refractivity contribution in [1.82, 2.24) is 0 Å². The second-order valence-electron chi connectivity index (χ2n) is 19.0. The molecule has 0 aliphatic heterocycles. The van der Waals surface area contributed by atoms with Gasteiger partial charge in [-0.2, -0.15) is 26.3 Å². The van der Waals surface area contributed by atoms with Gasteiger partial charge in [0, 0.05) is 12.8 Å². The zero-order chi connectivity index (χ0) is 59.6. The SMILES string of the molecule is C[N+](CCCC[P+](c1ccccc1)(c1ccccc1)c1ccccc1)(CCC(N)=O)C(=N)N.C[N+](CCCC[P+](c1ccccc1)(c1ccccc1)c1ccccc1)(CCC(N)=O)C(=N)N.O=C(O)C(F)(F)F.O=C(O)C(F)(F)F. The zero-order valence-corrected chi connectivity index (χ0v) is 46.5. The topological polar surface area (TPSA) is 261 Å². The molecule has 0 saturated carbocycles. The largest absolute Gasteiger partial charge is 0.490 e. The van der Waals surface area contributed by atoms with Crippen molar-refractivity contribution in [1.29, 1.82) is 10.8 Å². The van der Waals surface area contributed by atoms with E-state index in [2.05, 4.69) is 182 Å². The molecule has 22 heteroatoms.